The Morgan fingerprint density at radius 2 is 2.06 bits per heavy atom. The van der Waals surface area contributed by atoms with Crippen LogP contribution in [-0.4, -0.2) is 25.1 Å². The topological polar surface area (TPSA) is 35.5 Å². The monoisotopic (exact) mass is 242 g/mol. The minimum atomic E-state index is -0.405. The number of benzene rings is 1. The third-order valence-corrected chi connectivity index (χ3v) is 2.26. The molecule has 0 saturated carbocycles. The van der Waals surface area contributed by atoms with Crippen molar-refractivity contribution in [2.75, 3.05) is 6.61 Å². The lowest BCUT2D eigenvalue weighted by molar-refractivity contribution is -0.118. The Bertz CT molecular complexity index is 341. The number of halogens is 1. The van der Waals surface area contributed by atoms with Gasteiger partial charge in [-0.25, -0.2) is 0 Å². The summed E-state index contributed by atoms with van der Waals surface area (Å²) in [4.78, 5) is 10.3. The van der Waals surface area contributed by atoms with Crippen LogP contribution in [-0.2, 0) is 9.53 Å². The molecule has 1 rings (SSSR count). The van der Waals surface area contributed by atoms with Crippen molar-refractivity contribution in [2.24, 2.45) is 0 Å². The molecule has 0 fully saturated rings. The summed E-state index contributed by atoms with van der Waals surface area (Å²) in [6, 6.07) is 7.24. The molecule has 0 aliphatic carbocycles. The molecule has 0 saturated heterocycles. The van der Waals surface area contributed by atoms with E-state index in [-0.39, 0.29) is 6.10 Å². The predicted octanol–water partition coefficient (Wildman–Crippen LogP) is 2.71. The Balaban J connectivity index is 2.42. The Morgan fingerprint density at radius 3 is 2.69 bits per heavy atom. The molecule has 0 aromatic heterocycles. The van der Waals surface area contributed by atoms with Gasteiger partial charge in [-0.15, -0.1) is 0 Å². The Kier molecular flexibility index (Phi) is 5.29. The predicted molar refractivity (Wildman–Crippen MR) is 63.0 cm³/mol. The van der Waals surface area contributed by atoms with Gasteiger partial charge in [-0.1, -0.05) is 23.7 Å². The van der Waals surface area contributed by atoms with Gasteiger partial charge >= 0.3 is 0 Å². The average Bonchev–Trinajstić information content (AvgIpc) is 2.29. The summed E-state index contributed by atoms with van der Waals surface area (Å²) >= 11 is 5.94. The van der Waals surface area contributed by atoms with Gasteiger partial charge in [-0.2, -0.15) is 0 Å². The molecule has 0 aliphatic rings. The van der Waals surface area contributed by atoms with Gasteiger partial charge in [-0.3, -0.25) is 0 Å². The van der Waals surface area contributed by atoms with Crippen LogP contribution < -0.4 is 4.74 Å². The van der Waals surface area contributed by atoms with Crippen molar-refractivity contribution in [3.8, 4) is 5.75 Å². The molecule has 0 heterocycles. The maximum Gasteiger partial charge on any atom is 0.148 e. The van der Waals surface area contributed by atoms with Crippen molar-refractivity contribution in [3.05, 3.63) is 29.3 Å². The van der Waals surface area contributed by atoms with E-state index in [2.05, 4.69) is 0 Å². The molecule has 0 amide bonds. The quantitative estimate of drug-likeness (QED) is 0.720. The minimum Gasteiger partial charge on any atom is -0.487 e. The van der Waals surface area contributed by atoms with Crippen molar-refractivity contribution in [3.63, 3.8) is 0 Å². The fraction of sp³-hybridized carbons (Fsp3) is 0.417. The lowest BCUT2D eigenvalue weighted by atomic mass is 10.3. The summed E-state index contributed by atoms with van der Waals surface area (Å²) in [5, 5.41) is 0.567. The number of hydrogen-bond acceptors (Lipinski definition) is 3. The highest BCUT2D eigenvalue weighted by Gasteiger charge is 2.08. The number of rotatable bonds is 6. The molecule has 2 atom stereocenters. The molecule has 3 nitrogen and oxygen atoms in total. The van der Waals surface area contributed by atoms with Gasteiger partial charge in [0.1, 0.15) is 24.2 Å². The van der Waals surface area contributed by atoms with Crippen LogP contribution in [0.2, 0.25) is 5.02 Å². The standard InChI is InChI=1S/C12H15ClO3/c1-9(7-14)15-8-10(2)16-12-6-4-3-5-11(12)13/h3-7,9-10H,8H2,1-2H3. The van der Waals surface area contributed by atoms with Crippen LogP contribution in [0.25, 0.3) is 0 Å². The molecule has 1 aromatic rings. The molecule has 0 bridgehead atoms. The van der Waals surface area contributed by atoms with E-state index < -0.39 is 6.10 Å². The van der Waals surface area contributed by atoms with Gasteiger partial charge in [0.25, 0.3) is 0 Å². The Hall–Kier alpha value is -1.06. The molecule has 0 aliphatic heterocycles. The van der Waals surface area contributed by atoms with Crippen LogP contribution >= 0.6 is 11.6 Å². The third-order valence-electron chi connectivity index (χ3n) is 1.95. The Labute approximate surface area is 100 Å². The zero-order valence-corrected chi connectivity index (χ0v) is 10.1. The van der Waals surface area contributed by atoms with E-state index in [4.69, 9.17) is 21.1 Å². The van der Waals surface area contributed by atoms with Gasteiger partial charge in [0.2, 0.25) is 0 Å². The van der Waals surface area contributed by atoms with E-state index in [1.54, 1.807) is 19.1 Å². The minimum absolute atomic E-state index is 0.151. The first kappa shape index (κ1) is 13.0. The SMILES string of the molecule is CC(C=O)OCC(C)Oc1ccccc1Cl. The highest BCUT2D eigenvalue weighted by atomic mass is 35.5. The van der Waals surface area contributed by atoms with Crippen LogP contribution in [0.3, 0.4) is 0 Å². The van der Waals surface area contributed by atoms with Gasteiger partial charge in [0.05, 0.1) is 11.6 Å². The average molecular weight is 243 g/mol. The molecule has 0 N–H and O–H groups in total. The fourth-order valence-electron chi connectivity index (χ4n) is 1.12. The Morgan fingerprint density at radius 1 is 1.38 bits per heavy atom. The zero-order valence-electron chi connectivity index (χ0n) is 9.35. The molecular weight excluding hydrogens is 228 g/mol. The van der Waals surface area contributed by atoms with Crippen molar-refractivity contribution in [1.29, 1.82) is 0 Å². The molecular formula is C12H15ClO3. The number of carbonyl (C=O) groups is 1. The summed E-state index contributed by atoms with van der Waals surface area (Å²) < 4.78 is 10.8. The lowest BCUT2D eigenvalue weighted by Crippen LogP contribution is -2.23. The van der Waals surface area contributed by atoms with E-state index >= 15 is 0 Å². The maximum absolute atomic E-state index is 10.3. The molecule has 16 heavy (non-hydrogen) atoms. The van der Waals surface area contributed by atoms with E-state index in [0.29, 0.717) is 17.4 Å². The van der Waals surface area contributed by atoms with E-state index in [0.717, 1.165) is 6.29 Å². The van der Waals surface area contributed by atoms with Crippen LogP contribution in [0, 0.1) is 0 Å². The van der Waals surface area contributed by atoms with Gasteiger partial charge in [0.15, 0.2) is 0 Å². The number of carbonyl (C=O) groups excluding carboxylic acids is 1. The first-order valence-corrected chi connectivity index (χ1v) is 5.49. The largest absolute Gasteiger partial charge is 0.487 e. The second-order valence-electron chi connectivity index (χ2n) is 3.53. The van der Waals surface area contributed by atoms with E-state index in [9.17, 15) is 4.79 Å². The van der Waals surface area contributed by atoms with Crippen molar-refractivity contribution in [2.45, 2.75) is 26.1 Å². The second-order valence-corrected chi connectivity index (χ2v) is 3.94. The number of ether oxygens (including phenoxy) is 2. The fourth-order valence-corrected chi connectivity index (χ4v) is 1.30. The third kappa shape index (κ3) is 4.21. The van der Waals surface area contributed by atoms with Crippen molar-refractivity contribution < 1.29 is 14.3 Å². The molecule has 88 valence electrons. The summed E-state index contributed by atoms with van der Waals surface area (Å²) in [6.45, 7) is 3.90. The molecule has 4 heteroatoms. The summed E-state index contributed by atoms with van der Waals surface area (Å²) in [6.07, 6.45) is 0.196. The van der Waals surface area contributed by atoms with Gasteiger partial charge < -0.3 is 14.3 Å². The first-order chi connectivity index (χ1) is 7.63. The number of aldehydes is 1. The number of para-hydroxylation sites is 1. The van der Waals surface area contributed by atoms with Crippen LogP contribution in [0.15, 0.2) is 24.3 Å². The smallest absolute Gasteiger partial charge is 0.148 e. The summed E-state index contributed by atoms with van der Waals surface area (Å²) in [5.41, 5.74) is 0. The van der Waals surface area contributed by atoms with Crippen LogP contribution in [0.5, 0.6) is 5.75 Å². The van der Waals surface area contributed by atoms with Crippen LogP contribution in [0.1, 0.15) is 13.8 Å². The molecule has 0 spiro atoms. The van der Waals surface area contributed by atoms with Crippen LogP contribution in [0.4, 0.5) is 0 Å². The summed E-state index contributed by atoms with van der Waals surface area (Å²) in [7, 11) is 0. The van der Waals surface area contributed by atoms with Gasteiger partial charge in [0, 0.05) is 0 Å². The zero-order chi connectivity index (χ0) is 12.0. The van der Waals surface area contributed by atoms with E-state index in [1.165, 1.54) is 0 Å². The van der Waals surface area contributed by atoms with Gasteiger partial charge in [-0.05, 0) is 26.0 Å². The maximum atomic E-state index is 10.3. The highest BCUT2D eigenvalue weighted by Crippen LogP contribution is 2.24. The van der Waals surface area contributed by atoms with E-state index in [1.807, 2.05) is 19.1 Å². The summed E-state index contributed by atoms with van der Waals surface area (Å²) in [5.74, 6) is 0.624. The van der Waals surface area contributed by atoms with Crippen molar-refractivity contribution in [1.82, 2.24) is 0 Å². The first-order valence-electron chi connectivity index (χ1n) is 5.11. The second kappa shape index (κ2) is 6.51. The van der Waals surface area contributed by atoms with Crippen molar-refractivity contribution >= 4 is 17.9 Å². The normalized spacial score (nSPS) is 14.2. The molecule has 1 aromatic carbocycles. The lowest BCUT2D eigenvalue weighted by Gasteiger charge is -2.16. The highest BCUT2D eigenvalue weighted by molar-refractivity contribution is 6.32. The molecule has 2 unspecified atom stereocenters. The number of hydrogen-bond donors (Lipinski definition) is 0. The molecule has 0 radical (unpaired) electrons.